The quantitative estimate of drug-likeness (QED) is 0.282. The van der Waals surface area contributed by atoms with E-state index in [-0.39, 0.29) is 0 Å². The molecule has 0 saturated heterocycles. The molecule has 0 heterocycles. The van der Waals surface area contributed by atoms with E-state index in [4.69, 9.17) is 0 Å². The minimum absolute atomic E-state index is 0.821. The Balaban J connectivity index is 5.99. The summed E-state index contributed by atoms with van der Waals surface area (Å²) in [6, 6.07) is 0. The molecule has 8 heteroatoms. The zero-order chi connectivity index (χ0) is 16.2. The zero-order valence-electron chi connectivity index (χ0n) is 11.6. The van der Waals surface area contributed by atoms with Gasteiger partial charge in [-0.25, -0.2) is 0 Å². The molecule has 0 aliphatic heterocycles. The second kappa shape index (κ2) is 6.69. The fourth-order valence-corrected chi connectivity index (χ4v) is 1.67. The third kappa shape index (κ3) is 3.47. The maximum Gasteiger partial charge on any atom is 0.304 e. The molecule has 0 saturated carbocycles. The molecular weight excluding hydrogens is 272 g/mol. The summed E-state index contributed by atoms with van der Waals surface area (Å²) in [5.41, 5.74) is -2.87. The summed E-state index contributed by atoms with van der Waals surface area (Å²) < 4.78 is 4.58. The van der Waals surface area contributed by atoms with Gasteiger partial charge in [0.1, 0.15) is 12.2 Å². The van der Waals surface area contributed by atoms with Crippen LogP contribution in [0, 0.1) is 0 Å². The average molecular weight is 290 g/mol. The molecule has 3 N–H and O–H groups in total. The molecule has 4 atom stereocenters. The Kier molecular flexibility index (Phi) is 6.14. The van der Waals surface area contributed by atoms with Crippen LogP contribution in [0.25, 0.3) is 0 Å². The number of rotatable bonds is 7. The topological polar surface area (TPSA) is 138 Å². The van der Waals surface area contributed by atoms with Crippen molar-refractivity contribution in [3.8, 4) is 0 Å². The molecule has 0 amide bonds. The molecule has 0 rings (SSSR count). The second-order valence-electron chi connectivity index (χ2n) is 4.45. The maximum atomic E-state index is 11.9. The maximum absolute atomic E-state index is 11.9. The summed E-state index contributed by atoms with van der Waals surface area (Å²) in [4.78, 5) is 45.9. The van der Waals surface area contributed by atoms with Crippen molar-refractivity contribution >= 4 is 23.3 Å². The Hall–Kier alpha value is -1.64. The Bertz CT molecular complexity index is 427. The second-order valence-corrected chi connectivity index (χ2v) is 4.45. The molecule has 0 aliphatic carbocycles. The van der Waals surface area contributed by atoms with E-state index >= 15 is 0 Å². The summed E-state index contributed by atoms with van der Waals surface area (Å²) in [5.74, 6) is -4.86. The van der Waals surface area contributed by atoms with Gasteiger partial charge in [0.2, 0.25) is 0 Å². The minimum atomic E-state index is -2.87. The number of ether oxygens (including phenoxy) is 1. The highest BCUT2D eigenvalue weighted by molar-refractivity contribution is 6.44. The summed E-state index contributed by atoms with van der Waals surface area (Å²) in [5, 5.41) is 28.8. The van der Waals surface area contributed by atoms with Gasteiger partial charge in [0.25, 0.3) is 11.4 Å². The lowest BCUT2D eigenvalue weighted by atomic mass is 9.82. The SMILES string of the molecule is CC(=O)O[C@@](C(C)=O)(C(=O)C(C)=O)C(O)C(O)C(C)O. The fourth-order valence-electron chi connectivity index (χ4n) is 1.67. The molecule has 114 valence electrons. The number of ketones is 3. The molecule has 0 radical (unpaired) electrons. The van der Waals surface area contributed by atoms with Crippen molar-refractivity contribution in [2.75, 3.05) is 0 Å². The largest absolute Gasteiger partial charge is 0.440 e. The van der Waals surface area contributed by atoms with Gasteiger partial charge in [-0.15, -0.1) is 0 Å². The first-order valence-electron chi connectivity index (χ1n) is 5.78. The van der Waals surface area contributed by atoms with Crippen LogP contribution >= 0.6 is 0 Å². The summed E-state index contributed by atoms with van der Waals surface area (Å²) in [6.45, 7) is 3.60. The molecule has 0 bridgehead atoms. The van der Waals surface area contributed by atoms with E-state index in [0.717, 1.165) is 27.7 Å². The number of hydrogen-bond donors (Lipinski definition) is 3. The number of esters is 1. The van der Waals surface area contributed by atoms with Gasteiger partial charge < -0.3 is 20.1 Å². The molecule has 0 spiro atoms. The predicted molar refractivity (Wildman–Crippen MR) is 64.6 cm³/mol. The first-order chi connectivity index (χ1) is 8.98. The number of Topliss-reactive ketones (excluding diaryl/α,β-unsaturated/α-hetero) is 3. The van der Waals surface area contributed by atoms with E-state index in [9.17, 15) is 34.5 Å². The van der Waals surface area contributed by atoms with E-state index in [0.29, 0.717) is 0 Å². The minimum Gasteiger partial charge on any atom is -0.440 e. The van der Waals surface area contributed by atoms with Crippen molar-refractivity contribution in [1.29, 1.82) is 0 Å². The van der Waals surface area contributed by atoms with Gasteiger partial charge in [-0.3, -0.25) is 19.2 Å². The number of aliphatic hydroxyl groups excluding tert-OH is 3. The standard InChI is InChI=1S/C12H18O8/c1-5(13)9(17)11(19)12(7(3)15,20-8(4)16)10(18)6(2)14/h5,9,11,13,17,19H,1-4H3/t5?,9?,11?,12-/m0/s1. The molecule has 0 fully saturated rings. The Labute approximate surface area is 115 Å². The van der Waals surface area contributed by atoms with E-state index in [1.54, 1.807) is 0 Å². The first-order valence-corrected chi connectivity index (χ1v) is 5.78. The van der Waals surface area contributed by atoms with Crippen LogP contribution in [0.1, 0.15) is 27.7 Å². The van der Waals surface area contributed by atoms with Crippen LogP contribution < -0.4 is 0 Å². The van der Waals surface area contributed by atoms with Crippen molar-refractivity contribution in [3.05, 3.63) is 0 Å². The summed E-state index contributed by atoms with van der Waals surface area (Å²) in [7, 11) is 0. The van der Waals surface area contributed by atoms with Gasteiger partial charge in [0, 0.05) is 13.8 Å². The Morgan fingerprint density at radius 1 is 1.00 bits per heavy atom. The molecule has 0 aromatic carbocycles. The van der Waals surface area contributed by atoms with Crippen molar-refractivity contribution in [3.63, 3.8) is 0 Å². The van der Waals surface area contributed by atoms with Crippen molar-refractivity contribution in [2.45, 2.75) is 51.6 Å². The van der Waals surface area contributed by atoms with E-state index in [1.807, 2.05) is 0 Å². The van der Waals surface area contributed by atoms with Gasteiger partial charge in [0.05, 0.1) is 6.10 Å². The van der Waals surface area contributed by atoms with Crippen molar-refractivity contribution in [2.24, 2.45) is 0 Å². The van der Waals surface area contributed by atoms with Gasteiger partial charge in [-0.05, 0) is 13.8 Å². The fraction of sp³-hybridized carbons (Fsp3) is 0.667. The van der Waals surface area contributed by atoms with Crippen LogP contribution in [0.2, 0.25) is 0 Å². The normalized spacial score (nSPS) is 18.4. The van der Waals surface area contributed by atoms with Crippen molar-refractivity contribution < 1.29 is 39.2 Å². The highest BCUT2D eigenvalue weighted by Crippen LogP contribution is 2.24. The first kappa shape index (κ1) is 18.4. The number of aliphatic hydroxyl groups is 3. The van der Waals surface area contributed by atoms with Crippen LogP contribution in [-0.4, -0.2) is 62.6 Å². The van der Waals surface area contributed by atoms with Gasteiger partial charge in [0.15, 0.2) is 11.6 Å². The molecule has 0 aliphatic rings. The molecule has 0 aromatic heterocycles. The highest BCUT2D eigenvalue weighted by atomic mass is 16.6. The molecular formula is C12H18O8. The number of carbonyl (C=O) groups is 4. The zero-order valence-corrected chi connectivity index (χ0v) is 11.6. The molecule has 8 nitrogen and oxygen atoms in total. The van der Waals surface area contributed by atoms with Crippen LogP contribution in [0.3, 0.4) is 0 Å². The molecule has 20 heavy (non-hydrogen) atoms. The van der Waals surface area contributed by atoms with Gasteiger partial charge in [-0.1, -0.05) is 0 Å². The third-order valence-electron chi connectivity index (χ3n) is 2.72. The third-order valence-corrected chi connectivity index (χ3v) is 2.72. The van der Waals surface area contributed by atoms with Crippen molar-refractivity contribution in [1.82, 2.24) is 0 Å². The van der Waals surface area contributed by atoms with Crippen LogP contribution in [0.15, 0.2) is 0 Å². The van der Waals surface area contributed by atoms with Gasteiger partial charge >= 0.3 is 5.97 Å². The summed E-state index contributed by atoms with van der Waals surface area (Å²) in [6.07, 6.45) is -5.78. The van der Waals surface area contributed by atoms with Gasteiger partial charge in [-0.2, -0.15) is 0 Å². The van der Waals surface area contributed by atoms with E-state index < -0.39 is 47.2 Å². The van der Waals surface area contributed by atoms with Crippen LogP contribution in [-0.2, 0) is 23.9 Å². The van der Waals surface area contributed by atoms with E-state index in [1.165, 1.54) is 0 Å². The Morgan fingerprint density at radius 3 is 1.70 bits per heavy atom. The predicted octanol–water partition coefficient (Wildman–Crippen LogP) is -1.86. The Morgan fingerprint density at radius 2 is 1.45 bits per heavy atom. The lowest BCUT2D eigenvalue weighted by Crippen LogP contribution is -2.64. The van der Waals surface area contributed by atoms with Crippen LogP contribution in [0.4, 0.5) is 0 Å². The molecule has 0 aromatic rings. The smallest absolute Gasteiger partial charge is 0.304 e. The lowest BCUT2D eigenvalue weighted by Gasteiger charge is -2.35. The summed E-state index contributed by atoms with van der Waals surface area (Å²) >= 11 is 0. The number of carbonyl (C=O) groups excluding carboxylic acids is 4. The van der Waals surface area contributed by atoms with E-state index in [2.05, 4.69) is 4.74 Å². The lowest BCUT2D eigenvalue weighted by molar-refractivity contribution is -0.195. The number of hydrogen-bond acceptors (Lipinski definition) is 8. The molecule has 3 unspecified atom stereocenters. The monoisotopic (exact) mass is 290 g/mol. The highest BCUT2D eigenvalue weighted by Gasteiger charge is 2.57. The van der Waals surface area contributed by atoms with Crippen LogP contribution in [0.5, 0.6) is 0 Å². The average Bonchev–Trinajstić information content (AvgIpc) is 2.32.